The Morgan fingerprint density at radius 1 is 0.842 bits per heavy atom. The van der Waals surface area contributed by atoms with Gasteiger partial charge in [-0.3, -0.25) is 0 Å². The average Bonchev–Trinajstić information content (AvgIpc) is 2.22. The second-order valence-electron chi connectivity index (χ2n) is 3.64. The number of halogens is 6. The van der Waals surface area contributed by atoms with E-state index >= 15 is 0 Å². The van der Waals surface area contributed by atoms with Crippen LogP contribution in [0.5, 0.6) is 0 Å². The molecule has 0 atom stereocenters. The van der Waals surface area contributed by atoms with E-state index in [1.54, 1.807) is 0 Å². The van der Waals surface area contributed by atoms with Gasteiger partial charge in [-0.2, -0.15) is 26.3 Å². The van der Waals surface area contributed by atoms with Gasteiger partial charge in [-0.25, -0.2) is 0 Å². The van der Waals surface area contributed by atoms with Gasteiger partial charge < -0.3 is 5.73 Å². The molecule has 0 aromatic heterocycles. The van der Waals surface area contributed by atoms with Gasteiger partial charge in [0, 0.05) is 17.8 Å². The number of anilines is 1. The predicted molar refractivity (Wildman–Crippen MR) is 61.0 cm³/mol. The van der Waals surface area contributed by atoms with Crippen molar-refractivity contribution >= 4 is 17.8 Å². The largest absolute Gasteiger partial charge is 0.409 e. The summed E-state index contributed by atoms with van der Waals surface area (Å²) < 4.78 is 71.6. The van der Waals surface area contributed by atoms with Gasteiger partial charge in [0.1, 0.15) is 0 Å². The van der Waals surface area contributed by atoms with Gasteiger partial charge in [-0.1, -0.05) is 18.2 Å². The molecule has 0 radical (unpaired) electrons. The molecule has 0 bridgehead atoms. The molecule has 7 heteroatoms. The molecule has 1 nitrogen and oxygen atoms in total. The van der Waals surface area contributed by atoms with Crippen LogP contribution >= 0.6 is 0 Å². The van der Waals surface area contributed by atoms with Crippen molar-refractivity contribution in [1.82, 2.24) is 0 Å². The van der Waals surface area contributed by atoms with Crippen molar-refractivity contribution in [3.8, 4) is 0 Å². The lowest BCUT2D eigenvalue weighted by Crippen LogP contribution is -2.01. The number of alkyl halides is 6. The van der Waals surface area contributed by atoms with Crippen LogP contribution in [0.4, 0.5) is 32.0 Å². The van der Waals surface area contributed by atoms with Crippen molar-refractivity contribution in [2.24, 2.45) is 0 Å². The number of hydrogen-bond acceptors (Lipinski definition) is 1. The first-order chi connectivity index (χ1) is 8.57. The number of hydrogen-bond donors (Lipinski definition) is 1. The van der Waals surface area contributed by atoms with E-state index in [0.717, 1.165) is 18.2 Å². The molecule has 104 valence electrons. The van der Waals surface area contributed by atoms with Gasteiger partial charge >= 0.3 is 12.4 Å². The molecule has 0 unspecified atom stereocenters. The normalized spacial score (nSPS) is 13.6. The number of nitrogen functional groups attached to an aromatic ring is 1. The SMILES string of the molecule is Nc1cc(/C=C/C(F)(F)F)ccc1/C=C/C(F)(F)F. The minimum absolute atomic E-state index is 0.00389. The summed E-state index contributed by atoms with van der Waals surface area (Å²) in [5, 5.41) is 0. The fraction of sp³-hybridized carbons (Fsp3) is 0.167. The lowest BCUT2D eigenvalue weighted by molar-refractivity contribution is -0.0800. The number of rotatable bonds is 2. The van der Waals surface area contributed by atoms with Gasteiger partial charge in [-0.05, 0) is 23.3 Å². The molecule has 0 aliphatic rings. The predicted octanol–water partition coefficient (Wildman–Crippen LogP) is 4.42. The van der Waals surface area contributed by atoms with Gasteiger partial charge in [0.15, 0.2) is 0 Å². The molecule has 1 aromatic rings. The van der Waals surface area contributed by atoms with Crippen LogP contribution in [0.15, 0.2) is 30.4 Å². The standard InChI is InChI=1S/C12H9F6N/c13-11(14,15)5-3-8-1-2-9(10(19)7-8)4-6-12(16,17)18/h1-7H,19H2/b5-3+,6-4+. The van der Waals surface area contributed by atoms with Crippen molar-refractivity contribution < 1.29 is 26.3 Å². The van der Waals surface area contributed by atoms with E-state index in [2.05, 4.69) is 0 Å². The van der Waals surface area contributed by atoms with E-state index in [1.165, 1.54) is 12.1 Å². The van der Waals surface area contributed by atoms with Crippen LogP contribution in [-0.2, 0) is 0 Å². The summed E-state index contributed by atoms with van der Waals surface area (Å²) in [5.74, 6) is 0. The van der Waals surface area contributed by atoms with Crippen LogP contribution in [-0.4, -0.2) is 12.4 Å². The summed E-state index contributed by atoms with van der Waals surface area (Å²) >= 11 is 0. The molecular formula is C12H9F6N. The molecule has 1 rings (SSSR count). The van der Waals surface area contributed by atoms with E-state index in [1.807, 2.05) is 0 Å². The van der Waals surface area contributed by atoms with Crippen LogP contribution in [0.3, 0.4) is 0 Å². The minimum Gasteiger partial charge on any atom is -0.398 e. The highest BCUT2D eigenvalue weighted by atomic mass is 19.4. The number of allylic oxidation sites excluding steroid dienone is 2. The first kappa shape index (κ1) is 15.1. The minimum atomic E-state index is -4.47. The highest BCUT2D eigenvalue weighted by molar-refractivity contribution is 5.68. The summed E-state index contributed by atoms with van der Waals surface area (Å²) in [6.07, 6.45) is -7.36. The Kier molecular flexibility index (Phi) is 4.28. The molecule has 0 heterocycles. The Morgan fingerprint density at radius 2 is 1.37 bits per heavy atom. The highest BCUT2D eigenvalue weighted by Gasteiger charge is 2.22. The quantitative estimate of drug-likeness (QED) is 0.630. The summed E-state index contributed by atoms with van der Waals surface area (Å²) in [5.41, 5.74) is 5.66. The first-order valence-electron chi connectivity index (χ1n) is 4.98. The highest BCUT2D eigenvalue weighted by Crippen LogP contribution is 2.23. The monoisotopic (exact) mass is 281 g/mol. The molecule has 0 fully saturated rings. The molecule has 0 saturated carbocycles. The third-order valence-electron chi connectivity index (χ3n) is 2.03. The van der Waals surface area contributed by atoms with Crippen LogP contribution in [0.2, 0.25) is 0 Å². The summed E-state index contributed by atoms with van der Waals surface area (Å²) in [7, 11) is 0. The van der Waals surface area contributed by atoms with E-state index < -0.39 is 12.4 Å². The molecule has 0 spiro atoms. The molecule has 0 aliphatic carbocycles. The Bertz CT molecular complexity index is 496. The summed E-state index contributed by atoms with van der Waals surface area (Å²) in [4.78, 5) is 0. The van der Waals surface area contributed by atoms with E-state index in [-0.39, 0.29) is 29.0 Å². The zero-order valence-electron chi connectivity index (χ0n) is 9.39. The first-order valence-corrected chi connectivity index (χ1v) is 4.98. The third kappa shape index (κ3) is 5.98. The van der Waals surface area contributed by atoms with Crippen LogP contribution in [0.1, 0.15) is 11.1 Å². The Hall–Kier alpha value is -1.92. The smallest absolute Gasteiger partial charge is 0.398 e. The van der Waals surface area contributed by atoms with E-state index in [4.69, 9.17) is 5.73 Å². The van der Waals surface area contributed by atoms with Crippen LogP contribution < -0.4 is 5.73 Å². The van der Waals surface area contributed by atoms with Gasteiger partial charge in [0.25, 0.3) is 0 Å². The Balaban J connectivity index is 2.93. The zero-order chi connectivity index (χ0) is 14.7. The van der Waals surface area contributed by atoms with Crippen molar-refractivity contribution in [2.75, 3.05) is 5.73 Å². The summed E-state index contributed by atoms with van der Waals surface area (Å²) in [6.45, 7) is 0. The second kappa shape index (κ2) is 5.38. The fourth-order valence-electron chi connectivity index (χ4n) is 1.22. The Labute approximate surface area is 105 Å². The maximum atomic E-state index is 11.9. The fourth-order valence-corrected chi connectivity index (χ4v) is 1.22. The van der Waals surface area contributed by atoms with E-state index in [0.29, 0.717) is 0 Å². The molecule has 0 aliphatic heterocycles. The van der Waals surface area contributed by atoms with Gasteiger partial charge in [0.2, 0.25) is 0 Å². The molecule has 2 N–H and O–H groups in total. The Morgan fingerprint density at radius 3 is 1.84 bits per heavy atom. The van der Waals surface area contributed by atoms with Crippen LogP contribution in [0.25, 0.3) is 12.2 Å². The third-order valence-corrected chi connectivity index (χ3v) is 2.03. The second-order valence-corrected chi connectivity index (χ2v) is 3.64. The maximum absolute atomic E-state index is 11.9. The van der Waals surface area contributed by atoms with Gasteiger partial charge in [0.05, 0.1) is 0 Å². The molecular weight excluding hydrogens is 272 g/mol. The van der Waals surface area contributed by atoms with Crippen molar-refractivity contribution in [3.05, 3.63) is 41.5 Å². The zero-order valence-corrected chi connectivity index (χ0v) is 9.39. The molecule has 19 heavy (non-hydrogen) atoms. The summed E-state index contributed by atoms with van der Waals surface area (Å²) in [6, 6.07) is 3.63. The lowest BCUT2D eigenvalue weighted by Gasteiger charge is -2.04. The molecule has 0 saturated heterocycles. The maximum Gasteiger partial charge on any atom is 0.409 e. The van der Waals surface area contributed by atoms with Crippen molar-refractivity contribution in [3.63, 3.8) is 0 Å². The topological polar surface area (TPSA) is 26.0 Å². The molecule has 0 amide bonds. The van der Waals surface area contributed by atoms with Gasteiger partial charge in [-0.15, -0.1) is 0 Å². The lowest BCUT2D eigenvalue weighted by atomic mass is 10.1. The average molecular weight is 281 g/mol. The van der Waals surface area contributed by atoms with E-state index in [9.17, 15) is 26.3 Å². The molecule has 1 aromatic carbocycles. The van der Waals surface area contributed by atoms with Crippen molar-refractivity contribution in [1.29, 1.82) is 0 Å². The van der Waals surface area contributed by atoms with Crippen molar-refractivity contribution in [2.45, 2.75) is 12.4 Å². The van der Waals surface area contributed by atoms with Crippen LogP contribution in [0, 0.1) is 0 Å². The number of benzene rings is 1. The number of nitrogens with two attached hydrogens (primary N) is 1.